The fraction of sp³-hybridized carbons (Fsp3) is 0.278. The van der Waals surface area contributed by atoms with E-state index in [1.807, 2.05) is 30.3 Å². The second kappa shape index (κ2) is 7.06. The molecule has 3 rings (SSSR count). The Morgan fingerprint density at radius 3 is 2.48 bits per heavy atom. The summed E-state index contributed by atoms with van der Waals surface area (Å²) < 4.78 is 38.9. The maximum atomic E-state index is 13.0. The van der Waals surface area contributed by atoms with Gasteiger partial charge in [0.1, 0.15) is 0 Å². The van der Waals surface area contributed by atoms with E-state index in [0.29, 0.717) is 13.1 Å². The van der Waals surface area contributed by atoms with Crippen molar-refractivity contribution in [2.45, 2.75) is 18.1 Å². The number of amides is 1. The normalized spacial score (nSPS) is 20.5. The average Bonchev–Trinajstić information content (AvgIpc) is 3.02. The van der Waals surface area contributed by atoms with Crippen LogP contribution in [0, 0.1) is 0 Å². The minimum absolute atomic E-state index is 0.0507. The number of hydrogen-bond acceptors (Lipinski definition) is 2. The van der Waals surface area contributed by atoms with Gasteiger partial charge in [-0.15, -0.1) is 0 Å². The third-order valence-electron chi connectivity index (χ3n) is 4.31. The minimum atomic E-state index is -4.60. The summed E-state index contributed by atoms with van der Waals surface area (Å²) >= 11 is 5.83. The summed E-state index contributed by atoms with van der Waals surface area (Å²) in [7, 11) is 0. The molecule has 0 aromatic heterocycles. The summed E-state index contributed by atoms with van der Waals surface area (Å²) in [6, 6.07) is 12.8. The van der Waals surface area contributed by atoms with Crippen molar-refractivity contribution in [2.75, 3.05) is 13.1 Å². The SMILES string of the molecule is O=C(N[C@H]1CNC[C@@H]1c1ccccc1)c1cccc(C(F)(F)F)c1Cl. The number of carbonyl (C=O) groups is 1. The number of hydrogen-bond donors (Lipinski definition) is 2. The lowest BCUT2D eigenvalue weighted by Gasteiger charge is -2.21. The third kappa shape index (κ3) is 3.80. The van der Waals surface area contributed by atoms with Crippen LogP contribution in [0.25, 0.3) is 0 Å². The fourth-order valence-electron chi connectivity index (χ4n) is 3.05. The highest BCUT2D eigenvalue weighted by Gasteiger charge is 2.35. The Labute approximate surface area is 148 Å². The molecule has 0 aliphatic carbocycles. The van der Waals surface area contributed by atoms with E-state index in [9.17, 15) is 18.0 Å². The minimum Gasteiger partial charge on any atom is -0.347 e. The molecule has 2 atom stereocenters. The van der Waals surface area contributed by atoms with Gasteiger partial charge in [0, 0.05) is 25.0 Å². The van der Waals surface area contributed by atoms with Crippen molar-refractivity contribution < 1.29 is 18.0 Å². The number of alkyl halides is 3. The molecule has 0 saturated carbocycles. The lowest BCUT2D eigenvalue weighted by Crippen LogP contribution is -2.39. The molecule has 1 fully saturated rings. The van der Waals surface area contributed by atoms with Crippen molar-refractivity contribution in [3.05, 3.63) is 70.2 Å². The Morgan fingerprint density at radius 2 is 1.80 bits per heavy atom. The average molecular weight is 369 g/mol. The summed E-state index contributed by atoms with van der Waals surface area (Å²) in [5.74, 6) is -0.555. The van der Waals surface area contributed by atoms with Gasteiger partial charge in [0.05, 0.1) is 16.1 Å². The van der Waals surface area contributed by atoms with Gasteiger partial charge < -0.3 is 10.6 Å². The van der Waals surface area contributed by atoms with E-state index in [-0.39, 0.29) is 17.5 Å². The number of nitrogens with one attached hydrogen (secondary N) is 2. The van der Waals surface area contributed by atoms with Gasteiger partial charge in [-0.1, -0.05) is 48.0 Å². The van der Waals surface area contributed by atoms with E-state index in [1.54, 1.807) is 0 Å². The predicted molar refractivity (Wildman–Crippen MR) is 89.8 cm³/mol. The molecule has 1 aliphatic rings. The van der Waals surface area contributed by atoms with Crippen LogP contribution in [0.2, 0.25) is 5.02 Å². The van der Waals surface area contributed by atoms with Crippen LogP contribution in [0.15, 0.2) is 48.5 Å². The number of rotatable bonds is 3. The number of halogens is 4. The van der Waals surface area contributed by atoms with Crippen LogP contribution >= 0.6 is 11.6 Å². The molecule has 1 saturated heterocycles. The molecule has 1 heterocycles. The Kier molecular flexibility index (Phi) is 5.01. The van der Waals surface area contributed by atoms with Gasteiger partial charge in [-0.05, 0) is 17.7 Å². The zero-order chi connectivity index (χ0) is 18.0. The molecule has 1 amide bonds. The largest absolute Gasteiger partial charge is 0.417 e. The summed E-state index contributed by atoms with van der Waals surface area (Å²) in [6.45, 7) is 1.23. The molecule has 0 radical (unpaired) electrons. The Hall–Kier alpha value is -2.05. The van der Waals surface area contributed by atoms with Gasteiger partial charge in [-0.2, -0.15) is 13.2 Å². The van der Waals surface area contributed by atoms with Crippen molar-refractivity contribution in [1.29, 1.82) is 0 Å². The molecular formula is C18H16ClF3N2O. The first-order valence-electron chi connectivity index (χ1n) is 7.80. The van der Waals surface area contributed by atoms with Gasteiger partial charge in [0.25, 0.3) is 5.91 Å². The van der Waals surface area contributed by atoms with E-state index >= 15 is 0 Å². The summed E-state index contributed by atoms with van der Waals surface area (Å²) in [5.41, 5.74) is -0.117. The van der Waals surface area contributed by atoms with Gasteiger partial charge in [0.15, 0.2) is 0 Å². The van der Waals surface area contributed by atoms with Crippen LogP contribution in [0.3, 0.4) is 0 Å². The quantitative estimate of drug-likeness (QED) is 0.864. The topological polar surface area (TPSA) is 41.1 Å². The van der Waals surface area contributed by atoms with Crippen LogP contribution in [0.1, 0.15) is 27.4 Å². The first kappa shape index (κ1) is 17.8. The van der Waals surface area contributed by atoms with Crippen molar-refractivity contribution in [3.8, 4) is 0 Å². The zero-order valence-corrected chi connectivity index (χ0v) is 13.9. The fourth-order valence-corrected chi connectivity index (χ4v) is 3.37. The second-order valence-electron chi connectivity index (χ2n) is 5.92. The maximum Gasteiger partial charge on any atom is 0.417 e. The molecule has 0 unspecified atom stereocenters. The maximum absolute atomic E-state index is 13.0. The molecule has 2 aromatic carbocycles. The lowest BCUT2D eigenvalue weighted by atomic mass is 9.94. The second-order valence-corrected chi connectivity index (χ2v) is 6.30. The first-order valence-corrected chi connectivity index (χ1v) is 8.18. The van der Waals surface area contributed by atoms with Gasteiger partial charge >= 0.3 is 6.18 Å². The first-order chi connectivity index (χ1) is 11.9. The van der Waals surface area contributed by atoms with Crippen molar-refractivity contribution >= 4 is 17.5 Å². The summed E-state index contributed by atoms with van der Waals surface area (Å²) in [5, 5.41) is 5.44. The van der Waals surface area contributed by atoms with E-state index in [4.69, 9.17) is 11.6 Å². The van der Waals surface area contributed by atoms with Gasteiger partial charge in [0.2, 0.25) is 0 Å². The molecule has 0 spiro atoms. The highest BCUT2D eigenvalue weighted by molar-refractivity contribution is 6.34. The molecule has 3 nitrogen and oxygen atoms in total. The number of carbonyl (C=O) groups excluding carboxylic acids is 1. The van der Waals surface area contributed by atoms with Gasteiger partial charge in [-0.3, -0.25) is 4.79 Å². The smallest absolute Gasteiger partial charge is 0.347 e. The Morgan fingerprint density at radius 1 is 1.08 bits per heavy atom. The molecule has 0 bridgehead atoms. The molecular weight excluding hydrogens is 353 g/mol. The molecule has 2 N–H and O–H groups in total. The molecule has 132 valence electrons. The molecule has 25 heavy (non-hydrogen) atoms. The summed E-state index contributed by atoms with van der Waals surface area (Å²) in [6.07, 6.45) is -4.60. The predicted octanol–water partition coefficient (Wildman–Crippen LogP) is 3.84. The Bertz CT molecular complexity index is 765. The monoisotopic (exact) mass is 368 g/mol. The highest BCUT2D eigenvalue weighted by Crippen LogP contribution is 2.36. The highest BCUT2D eigenvalue weighted by atomic mass is 35.5. The lowest BCUT2D eigenvalue weighted by molar-refractivity contribution is -0.137. The van der Waals surface area contributed by atoms with E-state index in [1.165, 1.54) is 12.1 Å². The third-order valence-corrected chi connectivity index (χ3v) is 4.71. The van der Waals surface area contributed by atoms with E-state index in [2.05, 4.69) is 10.6 Å². The molecule has 1 aliphatic heterocycles. The van der Waals surface area contributed by atoms with Crippen molar-refractivity contribution in [1.82, 2.24) is 10.6 Å². The standard InChI is InChI=1S/C18H16ClF3N2O/c19-16-12(7-4-8-14(16)18(20,21)22)17(25)24-15-10-23-9-13(15)11-5-2-1-3-6-11/h1-8,13,15,23H,9-10H2,(H,24,25)/t13-,15+/m1/s1. The molecule has 2 aromatic rings. The van der Waals surface area contributed by atoms with Crippen molar-refractivity contribution in [3.63, 3.8) is 0 Å². The summed E-state index contributed by atoms with van der Waals surface area (Å²) in [4.78, 5) is 12.5. The number of benzene rings is 2. The van der Waals surface area contributed by atoms with Crippen LogP contribution in [-0.4, -0.2) is 25.0 Å². The van der Waals surface area contributed by atoms with Gasteiger partial charge in [-0.25, -0.2) is 0 Å². The zero-order valence-electron chi connectivity index (χ0n) is 13.1. The van der Waals surface area contributed by atoms with E-state index < -0.39 is 22.7 Å². The van der Waals surface area contributed by atoms with Crippen LogP contribution in [0.4, 0.5) is 13.2 Å². The van der Waals surface area contributed by atoms with Crippen LogP contribution in [-0.2, 0) is 6.18 Å². The van der Waals surface area contributed by atoms with Crippen molar-refractivity contribution in [2.24, 2.45) is 0 Å². The Balaban J connectivity index is 1.81. The van der Waals surface area contributed by atoms with E-state index in [0.717, 1.165) is 11.6 Å². The molecule has 7 heteroatoms. The van der Waals surface area contributed by atoms with Crippen LogP contribution < -0.4 is 10.6 Å². The van der Waals surface area contributed by atoms with Crippen LogP contribution in [0.5, 0.6) is 0 Å².